The molecule has 0 N–H and O–H groups in total. The lowest BCUT2D eigenvalue weighted by molar-refractivity contribution is -0.143. The van der Waals surface area contributed by atoms with Gasteiger partial charge in [-0.25, -0.2) is 0 Å². The molecule has 0 aromatic rings. The smallest absolute Gasteiger partial charge is 0.306 e. The second-order valence-electron chi connectivity index (χ2n) is 6.04. The molecule has 0 spiro atoms. The molecule has 94 valence electrons. The van der Waals surface area contributed by atoms with Crippen LogP contribution in [0.3, 0.4) is 0 Å². The van der Waals surface area contributed by atoms with Gasteiger partial charge in [0.2, 0.25) is 0 Å². The van der Waals surface area contributed by atoms with E-state index < -0.39 is 0 Å². The Balaban J connectivity index is 3.83. The van der Waals surface area contributed by atoms with Crippen LogP contribution in [-0.2, 0) is 9.53 Å². The minimum atomic E-state index is -0.0887. The Labute approximate surface area is 100 Å². The van der Waals surface area contributed by atoms with Crippen molar-refractivity contribution in [3.63, 3.8) is 0 Å². The van der Waals surface area contributed by atoms with E-state index >= 15 is 0 Å². The number of allylic oxidation sites excluding steroid dienone is 1. The first-order valence-corrected chi connectivity index (χ1v) is 5.99. The second kappa shape index (κ2) is 6.72. The van der Waals surface area contributed by atoms with E-state index in [0.717, 1.165) is 6.42 Å². The number of ether oxygens (including phenoxy) is 1. The zero-order chi connectivity index (χ0) is 12.8. The molecule has 16 heavy (non-hydrogen) atoms. The molecule has 2 heteroatoms. The number of hydrogen-bond donors (Lipinski definition) is 0. The fraction of sp³-hybridized carbons (Fsp3) is 0.786. The van der Waals surface area contributed by atoms with Crippen LogP contribution in [0.2, 0.25) is 0 Å². The van der Waals surface area contributed by atoms with Gasteiger partial charge in [-0.15, -0.1) is 0 Å². The van der Waals surface area contributed by atoms with Gasteiger partial charge in [0.1, 0.15) is 6.61 Å². The Bertz CT molecular complexity index is 242. The van der Waals surface area contributed by atoms with E-state index in [0.29, 0.717) is 18.9 Å². The van der Waals surface area contributed by atoms with E-state index in [1.54, 1.807) is 0 Å². The molecule has 0 aromatic heterocycles. The summed E-state index contributed by atoms with van der Waals surface area (Å²) >= 11 is 0. The summed E-state index contributed by atoms with van der Waals surface area (Å²) in [4.78, 5) is 11.5. The molecule has 0 aromatic carbocycles. The SMILES string of the molecule is CC(C)=CCOC(=O)CC(C)CC(C)(C)C. The van der Waals surface area contributed by atoms with Gasteiger partial charge in [0.05, 0.1) is 0 Å². The van der Waals surface area contributed by atoms with Crippen LogP contribution in [0, 0.1) is 11.3 Å². The van der Waals surface area contributed by atoms with E-state index in [2.05, 4.69) is 27.7 Å². The van der Waals surface area contributed by atoms with E-state index in [1.165, 1.54) is 5.57 Å². The molecule has 1 unspecified atom stereocenters. The highest BCUT2D eigenvalue weighted by Gasteiger charge is 2.18. The Hall–Kier alpha value is -0.790. The van der Waals surface area contributed by atoms with Crippen molar-refractivity contribution >= 4 is 5.97 Å². The van der Waals surface area contributed by atoms with E-state index in [-0.39, 0.29) is 11.4 Å². The third-order valence-electron chi connectivity index (χ3n) is 2.21. The second-order valence-corrected chi connectivity index (χ2v) is 6.04. The van der Waals surface area contributed by atoms with Crippen molar-refractivity contribution < 1.29 is 9.53 Å². The van der Waals surface area contributed by atoms with Crippen molar-refractivity contribution in [1.29, 1.82) is 0 Å². The minimum Gasteiger partial charge on any atom is -0.461 e. The van der Waals surface area contributed by atoms with Crippen molar-refractivity contribution in [2.24, 2.45) is 11.3 Å². The van der Waals surface area contributed by atoms with Crippen LogP contribution in [0.4, 0.5) is 0 Å². The fourth-order valence-corrected chi connectivity index (χ4v) is 1.76. The highest BCUT2D eigenvalue weighted by atomic mass is 16.5. The van der Waals surface area contributed by atoms with Gasteiger partial charge >= 0.3 is 5.97 Å². The molecule has 1 atom stereocenters. The van der Waals surface area contributed by atoms with Gasteiger partial charge in [0.25, 0.3) is 0 Å². The standard InChI is InChI=1S/C14H26O2/c1-11(2)7-8-16-13(15)9-12(3)10-14(4,5)6/h7,12H,8-10H2,1-6H3. The Kier molecular flexibility index (Phi) is 6.39. The van der Waals surface area contributed by atoms with Gasteiger partial charge in [-0.2, -0.15) is 0 Å². The molecule has 0 saturated heterocycles. The fourth-order valence-electron chi connectivity index (χ4n) is 1.76. The van der Waals surface area contributed by atoms with Gasteiger partial charge in [-0.05, 0) is 37.7 Å². The van der Waals surface area contributed by atoms with Crippen LogP contribution in [0.1, 0.15) is 54.4 Å². The van der Waals surface area contributed by atoms with Crippen LogP contribution < -0.4 is 0 Å². The van der Waals surface area contributed by atoms with E-state index in [9.17, 15) is 4.79 Å². The van der Waals surface area contributed by atoms with Crippen LogP contribution in [-0.4, -0.2) is 12.6 Å². The van der Waals surface area contributed by atoms with Gasteiger partial charge in [0, 0.05) is 6.42 Å². The maximum absolute atomic E-state index is 11.5. The van der Waals surface area contributed by atoms with Gasteiger partial charge in [-0.3, -0.25) is 4.79 Å². The van der Waals surface area contributed by atoms with Crippen molar-refractivity contribution in [1.82, 2.24) is 0 Å². The maximum atomic E-state index is 11.5. The lowest BCUT2D eigenvalue weighted by Gasteiger charge is -2.22. The molecule has 0 aliphatic rings. The first-order chi connectivity index (χ1) is 7.20. The first kappa shape index (κ1) is 15.2. The molecule has 0 bridgehead atoms. The zero-order valence-electron chi connectivity index (χ0n) is 11.6. The third-order valence-corrected chi connectivity index (χ3v) is 2.21. The van der Waals surface area contributed by atoms with E-state index in [1.807, 2.05) is 19.9 Å². The zero-order valence-corrected chi connectivity index (χ0v) is 11.6. The number of carbonyl (C=O) groups is 1. The average Bonchev–Trinajstić information content (AvgIpc) is 1.98. The highest BCUT2D eigenvalue weighted by Crippen LogP contribution is 2.25. The lowest BCUT2D eigenvalue weighted by Crippen LogP contribution is -2.15. The monoisotopic (exact) mass is 226 g/mol. The summed E-state index contributed by atoms with van der Waals surface area (Å²) < 4.78 is 5.12. The Morgan fingerprint density at radius 2 is 1.88 bits per heavy atom. The maximum Gasteiger partial charge on any atom is 0.306 e. The quantitative estimate of drug-likeness (QED) is 0.524. The lowest BCUT2D eigenvalue weighted by atomic mass is 9.84. The highest BCUT2D eigenvalue weighted by molar-refractivity contribution is 5.69. The summed E-state index contributed by atoms with van der Waals surface area (Å²) in [6.45, 7) is 13.1. The molecular formula is C14H26O2. The molecule has 0 radical (unpaired) electrons. The summed E-state index contributed by atoms with van der Waals surface area (Å²) in [5.41, 5.74) is 1.45. The minimum absolute atomic E-state index is 0.0887. The average molecular weight is 226 g/mol. The number of rotatable bonds is 5. The van der Waals surface area contributed by atoms with Crippen molar-refractivity contribution in [2.75, 3.05) is 6.61 Å². The van der Waals surface area contributed by atoms with Crippen LogP contribution in [0.5, 0.6) is 0 Å². The molecular weight excluding hydrogens is 200 g/mol. The van der Waals surface area contributed by atoms with Crippen molar-refractivity contribution in [3.8, 4) is 0 Å². The summed E-state index contributed by atoms with van der Waals surface area (Å²) in [5, 5.41) is 0. The molecule has 0 saturated carbocycles. The molecule has 0 heterocycles. The third kappa shape index (κ3) is 9.75. The molecule has 0 aliphatic heterocycles. The van der Waals surface area contributed by atoms with Gasteiger partial charge in [-0.1, -0.05) is 33.3 Å². The summed E-state index contributed by atoms with van der Waals surface area (Å²) in [6.07, 6.45) is 3.49. The van der Waals surface area contributed by atoms with Crippen LogP contribution in [0.15, 0.2) is 11.6 Å². The Morgan fingerprint density at radius 3 is 2.31 bits per heavy atom. The predicted molar refractivity (Wildman–Crippen MR) is 68.2 cm³/mol. The first-order valence-electron chi connectivity index (χ1n) is 5.99. The number of esters is 1. The molecule has 0 fully saturated rings. The van der Waals surface area contributed by atoms with Crippen LogP contribution >= 0.6 is 0 Å². The summed E-state index contributed by atoms with van der Waals surface area (Å²) in [6, 6.07) is 0. The molecule has 2 nitrogen and oxygen atoms in total. The van der Waals surface area contributed by atoms with Crippen molar-refractivity contribution in [3.05, 3.63) is 11.6 Å². The Morgan fingerprint density at radius 1 is 1.31 bits per heavy atom. The topological polar surface area (TPSA) is 26.3 Å². The number of hydrogen-bond acceptors (Lipinski definition) is 2. The van der Waals surface area contributed by atoms with Gasteiger partial charge in [0.15, 0.2) is 0 Å². The van der Waals surface area contributed by atoms with Crippen molar-refractivity contribution in [2.45, 2.75) is 54.4 Å². The molecule has 0 aliphatic carbocycles. The molecule has 0 rings (SSSR count). The van der Waals surface area contributed by atoms with Crippen LogP contribution in [0.25, 0.3) is 0 Å². The predicted octanol–water partition coefficient (Wildman–Crippen LogP) is 3.96. The van der Waals surface area contributed by atoms with Gasteiger partial charge < -0.3 is 4.74 Å². The largest absolute Gasteiger partial charge is 0.461 e. The number of carbonyl (C=O) groups excluding carboxylic acids is 1. The molecule has 0 amide bonds. The summed E-state index contributed by atoms with van der Waals surface area (Å²) in [5.74, 6) is 0.299. The van der Waals surface area contributed by atoms with E-state index in [4.69, 9.17) is 4.74 Å². The summed E-state index contributed by atoms with van der Waals surface area (Å²) in [7, 11) is 0. The normalized spacial score (nSPS) is 13.1.